The summed E-state index contributed by atoms with van der Waals surface area (Å²) in [4.78, 5) is 38.8. The van der Waals surface area contributed by atoms with Crippen LogP contribution < -0.4 is 20.1 Å². The van der Waals surface area contributed by atoms with Crippen molar-refractivity contribution in [2.45, 2.75) is 26.2 Å². The number of nitrogens with one attached hydrogen (secondary N) is 2. The summed E-state index contributed by atoms with van der Waals surface area (Å²) in [5.41, 5.74) is 1.95. The molecule has 1 atom stereocenters. The minimum Gasteiger partial charge on any atom is -0.495 e. The molecule has 0 aliphatic heterocycles. The fraction of sp³-hybridized carbons (Fsp3) is 0.286. The van der Waals surface area contributed by atoms with Gasteiger partial charge in [0.25, 0.3) is 11.8 Å². The highest BCUT2D eigenvalue weighted by Gasteiger charge is 2.25. The first-order valence-electron chi connectivity index (χ1n) is 12.2. The van der Waals surface area contributed by atoms with E-state index in [2.05, 4.69) is 23.6 Å². The Labute approximate surface area is 234 Å². The number of ether oxygens (including phenoxy) is 3. The number of methoxy groups -OCH3 is 1. The van der Waals surface area contributed by atoms with Gasteiger partial charge in [0, 0.05) is 16.0 Å². The SMILES string of the molecule is COc1cc(Cl)ccc1NC(=O)COc1ccccc1C(=O)OCC(=O)Nc1sc2c(c1C#N)CC[C@H](C)C2. The van der Waals surface area contributed by atoms with E-state index < -0.39 is 31.0 Å². The van der Waals surface area contributed by atoms with Crippen LogP contribution in [0.25, 0.3) is 0 Å². The number of thiophene rings is 1. The van der Waals surface area contributed by atoms with Gasteiger partial charge >= 0.3 is 5.97 Å². The number of para-hydroxylation sites is 1. The predicted octanol–water partition coefficient (Wildman–Crippen LogP) is 5.22. The van der Waals surface area contributed by atoms with E-state index in [9.17, 15) is 19.6 Å². The molecule has 0 bridgehead atoms. The number of hydrogen-bond donors (Lipinski definition) is 2. The number of nitrogens with zero attached hydrogens (tertiary/aromatic N) is 1. The Kier molecular flexibility index (Phi) is 9.07. The molecule has 4 rings (SSSR count). The second-order valence-corrected chi connectivity index (χ2v) is 10.5. The highest BCUT2D eigenvalue weighted by molar-refractivity contribution is 7.16. The Morgan fingerprint density at radius 3 is 2.64 bits per heavy atom. The molecule has 1 heterocycles. The third kappa shape index (κ3) is 6.88. The van der Waals surface area contributed by atoms with E-state index in [0.29, 0.717) is 32.9 Å². The minimum atomic E-state index is -0.791. The van der Waals surface area contributed by atoms with Crippen molar-refractivity contribution in [1.29, 1.82) is 5.26 Å². The maximum atomic E-state index is 12.7. The van der Waals surface area contributed by atoms with Crippen LogP contribution in [0.5, 0.6) is 11.5 Å². The van der Waals surface area contributed by atoms with Gasteiger partial charge < -0.3 is 24.8 Å². The number of carbonyl (C=O) groups is 3. The summed E-state index contributed by atoms with van der Waals surface area (Å²) in [7, 11) is 1.45. The van der Waals surface area contributed by atoms with E-state index in [1.165, 1.54) is 30.6 Å². The Morgan fingerprint density at radius 1 is 1.10 bits per heavy atom. The van der Waals surface area contributed by atoms with Crippen LogP contribution in [0.1, 0.15) is 39.7 Å². The number of amides is 2. The van der Waals surface area contributed by atoms with Crippen molar-refractivity contribution in [3.05, 3.63) is 69.1 Å². The zero-order chi connectivity index (χ0) is 27.9. The summed E-state index contributed by atoms with van der Waals surface area (Å²) in [6.45, 7) is 1.22. The van der Waals surface area contributed by atoms with Gasteiger partial charge in [-0.3, -0.25) is 9.59 Å². The van der Waals surface area contributed by atoms with Gasteiger partial charge in [-0.05, 0) is 55.0 Å². The van der Waals surface area contributed by atoms with Crippen LogP contribution in [-0.4, -0.2) is 38.1 Å². The normalized spacial score (nSPS) is 13.9. The van der Waals surface area contributed by atoms with Crippen molar-refractivity contribution in [3.63, 3.8) is 0 Å². The molecule has 2 aromatic carbocycles. The molecule has 39 heavy (non-hydrogen) atoms. The van der Waals surface area contributed by atoms with Crippen LogP contribution in [0.2, 0.25) is 5.02 Å². The van der Waals surface area contributed by atoms with Crippen LogP contribution in [-0.2, 0) is 27.2 Å². The zero-order valence-electron chi connectivity index (χ0n) is 21.3. The van der Waals surface area contributed by atoms with Crippen molar-refractivity contribution in [2.24, 2.45) is 5.92 Å². The molecule has 9 nitrogen and oxygen atoms in total. The Balaban J connectivity index is 1.33. The molecule has 0 radical (unpaired) electrons. The largest absolute Gasteiger partial charge is 0.495 e. The fourth-order valence-electron chi connectivity index (χ4n) is 4.19. The number of hydrogen-bond acceptors (Lipinski definition) is 8. The summed E-state index contributed by atoms with van der Waals surface area (Å²) in [5, 5.41) is 15.9. The third-order valence-electron chi connectivity index (χ3n) is 6.11. The summed E-state index contributed by atoms with van der Waals surface area (Å²) in [5.74, 6) is -0.799. The van der Waals surface area contributed by atoms with Crippen molar-refractivity contribution < 1.29 is 28.6 Å². The molecule has 0 unspecified atom stereocenters. The number of nitriles is 1. The Hall–Kier alpha value is -4.07. The molecule has 0 saturated carbocycles. The first-order chi connectivity index (χ1) is 18.8. The van der Waals surface area contributed by atoms with Crippen LogP contribution in [0, 0.1) is 17.2 Å². The molecule has 11 heteroatoms. The average molecular weight is 568 g/mol. The lowest BCUT2D eigenvalue weighted by Gasteiger charge is -2.17. The van der Waals surface area contributed by atoms with Crippen molar-refractivity contribution in [2.75, 3.05) is 31.0 Å². The monoisotopic (exact) mass is 567 g/mol. The standard InChI is InChI=1S/C28H26ClN3O6S/c1-16-7-9-18-20(13-30)27(39-24(18)11-16)32-26(34)15-38-28(35)19-5-3-4-6-22(19)37-14-25(33)31-21-10-8-17(29)12-23(21)36-2/h3-6,8,10,12,16H,7,9,11,14-15H2,1-2H3,(H,31,33)(H,32,34)/t16-/m0/s1. The molecule has 1 aliphatic carbocycles. The lowest BCUT2D eigenvalue weighted by molar-refractivity contribution is -0.119. The number of rotatable bonds is 9. The maximum Gasteiger partial charge on any atom is 0.342 e. The first-order valence-corrected chi connectivity index (χ1v) is 13.3. The average Bonchev–Trinajstić information content (AvgIpc) is 3.27. The van der Waals surface area contributed by atoms with Gasteiger partial charge in [0.1, 0.15) is 28.1 Å². The molecule has 2 amide bonds. The summed E-state index contributed by atoms with van der Waals surface area (Å²) in [6.07, 6.45) is 2.69. The quantitative estimate of drug-likeness (QED) is 0.339. The maximum absolute atomic E-state index is 12.7. The summed E-state index contributed by atoms with van der Waals surface area (Å²) < 4.78 is 16.0. The van der Waals surface area contributed by atoms with E-state index >= 15 is 0 Å². The zero-order valence-corrected chi connectivity index (χ0v) is 22.9. The molecule has 3 aromatic rings. The highest BCUT2D eigenvalue weighted by Crippen LogP contribution is 2.39. The van der Waals surface area contributed by atoms with Crippen LogP contribution >= 0.6 is 22.9 Å². The number of esters is 1. The Morgan fingerprint density at radius 2 is 1.87 bits per heavy atom. The van der Waals surface area contributed by atoms with Gasteiger partial charge in [-0.1, -0.05) is 30.7 Å². The van der Waals surface area contributed by atoms with Gasteiger partial charge in [-0.15, -0.1) is 11.3 Å². The predicted molar refractivity (Wildman–Crippen MR) is 148 cm³/mol. The number of halogens is 1. The van der Waals surface area contributed by atoms with E-state index in [0.717, 1.165) is 29.7 Å². The van der Waals surface area contributed by atoms with E-state index in [1.54, 1.807) is 30.3 Å². The molecular formula is C28H26ClN3O6S. The van der Waals surface area contributed by atoms with Gasteiger partial charge in [0.2, 0.25) is 0 Å². The Bertz CT molecular complexity index is 1450. The number of carbonyl (C=O) groups excluding carboxylic acids is 3. The number of benzene rings is 2. The van der Waals surface area contributed by atoms with Gasteiger partial charge in [-0.25, -0.2) is 4.79 Å². The van der Waals surface area contributed by atoms with Crippen LogP contribution in [0.15, 0.2) is 42.5 Å². The van der Waals surface area contributed by atoms with Crippen LogP contribution in [0.3, 0.4) is 0 Å². The lowest BCUT2D eigenvalue weighted by Crippen LogP contribution is -2.23. The molecule has 1 aliphatic rings. The molecule has 202 valence electrons. The molecule has 0 spiro atoms. The minimum absolute atomic E-state index is 0.0560. The van der Waals surface area contributed by atoms with Gasteiger partial charge in [-0.2, -0.15) is 5.26 Å². The summed E-state index contributed by atoms with van der Waals surface area (Å²) in [6, 6.07) is 13.2. The highest BCUT2D eigenvalue weighted by atomic mass is 35.5. The molecular weight excluding hydrogens is 542 g/mol. The van der Waals surface area contributed by atoms with Crippen LogP contribution in [0.4, 0.5) is 10.7 Å². The molecule has 1 aromatic heterocycles. The second-order valence-electron chi connectivity index (χ2n) is 8.97. The lowest BCUT2D eigenvalue weighted by atomic mass is 9.89. The number of anilines is 2. The van der Waals surface area contributed by atoms with Crippen molar-refractivity contribution >= 4 is 51.4 Å². The first kappa shape index (κ1) is 28.0. The van der Waals surface area contributed by atoms with E-state index in [4.69, 9.17) is 25.8 Å². The molecule has 0 saturated heterocycles. The van der Waals surface area contributed by atoms with Gasteiger partial charge in [0.15, 0.2) is 13.2 Å². The van der Waals surface area contributed by atoms with Gasteiger partial charge in [0.05, 0.1) is 18.4 Å². The smallest absolute Gasteiger partial charge is 0.342 e. The van der Waals surface area contributed by atoms with E-state index in [1.807, 2.05) is 0 Å². The van der Waals surface area contributed by atoms with E-state index in [-0.39, 0.29) is 11.3 Å². The second kappa shape index (κ2) is 12.7. The number of fused-ring (bicyclic) bond motifs is 1. The molecule has 2 N–H and O–H groups in total. The third-order valence-corrected chi connectivity index (χ3v) is 7.52. The topological polar surface area (TPSA) is 127 Å². The fourth-order valence-corrected chi connectivity index (χ4v) is 5.73. The molecule has 0 fully saturated rings. The van der Waals surface area contributed by atoms with Crippen molar-refractivity contribution in [3.8, 4) is 17.6 Å². The van der Waals surface area contributed by atoms with Crippen molar-refractivity contribution in [1.82, 2.24) is 0 Å². The summed E-state index contributed by atoms with van der Waals surface area (Å²) >= 11 is 7.34.